The number of ketones is 1. The van der Waals surface area contributed by atoms with Crippen LogP contribution in [-0.2, 0) is 4.79 Å². The van der Waals surface area contributed by atoms with Crippen LogP contribution in [0.2, 0.25) is 0 Å². The molecule has 1 N–H and O–H groups in total. The van der Waals surface area contributed by atoms with Crippen LogP contribution in [0.5, 0.6) is 0 Å². The van der Waals surface area contributed by atoms with Gasteiger partial charge >= 0.3 is 0 Å². The van der Waals surface area contributed by atoms with Crippen LogP contribution in [0, 0.1) is 56.7 Å². The van der Waals surface area contributed by atoms with E-state index < -0.39 is 0 Å². The molecular formula is C31H50O2. The lowest BCUT2D eigenvalue weighted by molar-refractivity contribution is -0.246. The maximum absolute atomic E-state index is 13.2. The Balaban J connectivity index is 1.57. The van der Waals surface area contributed by atoms with E-state index in [1.165, 1.54) is 44.1 Å². The zero-order valence-corrected chi connectivity index (χ0v) is 22.6. The lowest BCUT2D eigenvalue weighted by Gasteiger charge is -2.72. The monoisotopic (exact) mass is 454 g/mol. The predicted octanol–water partition coefficient (Wildman–Crippen LogP) is 7.59. The van der Waals surface area contributed by atoms with Crippen LogP contribution in [0.25, 0.3) is 0 Å². The quantitative estimate of drug-likeness (QED) is 0.436. The van der Waals surface area contributed by atoms with Gasteiger partial charge in [0.2, 0.25) is 0 Å². The van der Waals surface area contributed by atoms with Crippen LogP contribution >= 0.6 is 0 Å². The van der Waals surface area contributed by atoms with Crippen molar-refractivity contribution in [1.29, 1.82) is 0 Å². The summed E-state index contributed by atoms with van der Waals surface area (Å²) in [6, 6.07) is 0. The number of aliphatic hydroxyl groups excluding tert-OH is 1. The maximum Gasteiger partial charge on any atom is 0.136 e. The van der Waals surface area contributed by atoms with Gasteiger partial charge in [-0.05, 0) is 129 Å². The second-order valence-corrected chi connectivity index (χ2v) is 14.8. The molecule has 5 aliphatic rings. The number of carbonyl (C=O) groups is 1. The van der Waals surface area contributed by atoms with Gasteiger partial charge in [-0.3, -0.25) is 4.79 Å². The maximum atomic E-state index is 13.2. The Hall–Kier alpha value is -0.630. The molecule has 0 aromatic heterocycles. The van der Waals surface area contributed by atoms with Crippen molar-refractivity contribution in [3.05, 3.63) is 12.2 Å². The average molecular weight is 455 g/mol. The summed E-state index contributed by atoms with van der Waals surface area (Å²) in [4.78, 5) is 13.2. The van der Waals surface area contributed by atoms with E-state index in [0.29, 0.717) is 45.7 Å². The molecule has 10 atom stereocenters. The lowest BCUT2D eigenvalue weighted by atomic mass is 9.32. The van der Waals surface area contributed by atoms with Gasteiger partial charge in [0.05, 0.1) is 6.10 Å². The normalized spacial score (nSPS) is 55.0. The van der Waals surface area contributed by atoms with Gasteiger partial charge in [0, 0.05) is 5.41 Å². The third-order valence-electron chi connectivity index (χ3n) is 13.7. The number of aliphatic hydroxyl groups is 1. The largest absolute Gasteiger partial charge is 0.393 e. The number of carbonyl (C=O) groups excluding carboxylic acids is 1. The molecule has 7 unspecified atom stereocenters. The van der Waals surface area contributed by atoms with Gasteiger partial charge in [-0.15, -0.1) is 0 Å². The first-order valence-electron chi connectivity index (χ1n) is 14.1. The summed E-state index contributed by atoms with van der Waals surface area (Å²) in [6.07, 6.45) is 11.7. The number of Topliss-reactive ketones (excluding diaryl/α,β-unsaturated/α-hetero) is 1. The second-order valence-electron chi connectivity index (χ2n) is 14.8. The van der Waals surface area contributed by atoms with E-state index in [-0.39, 0.29) is 16.9 Å². The molecule has 5 rings (SSSR count). The first kappa shape index (κ1) is 24.1. The van der Waals surface area contributed by atoms with E-state index in [1.807, 2.05) is 6.92 Å². The summed E-state index contributed by atoms with van der Waals surface area (Å²) >= 11 is 0. The fourth-order valence-electron chi connectivity index (χ4n) is 11.7. The summed E-state index contributed by atoms with van der Waals surface area (Å²) in [5.41, 5.74) is 2.19. The Kier molecular flexibility index (Phi) is 5.26. The highest BCUT2D eigenvalue weighted by Crippen LogP contribution is 2.77. The van der Waals surface area contributed by atoms with Crippen molar-refractivity contribution in [3.8, 4) is 0 Å². The molecule has 0 spiro atoms. The van der Waals surface area contributed by atoms with Gasteiger partial charge in [-0.25, -0.2) is 0 Å². The number of hydrogen-bond donors (Lipinski definition) is 1. The first-order valence-corrected chi connectivity index (χ1v) is 14.1. The third-order valence-corrected chi connectivity index (χ3v) is 13.7. The van der Waals surface area contributed by atoms with Crippen LogP contribution in [0.1, 0.15) is 113 Å². The number of allylic oxidation sites excluding steroid dienone is 1. The number of rotatable bonds is 2. The highest BCUT2D eigenvalue weighted by Gasteiger charge is 2.71. The van der Waals surface area contributed by atoms with E-state index in [2.05, 4.69) is 48.1 Å². The molecule has 0 aromatic rings. The fourth-order valence-corrected chi connectivity index (χ4v) is 11.7. The van der Waals surface area contributed by atoms with E-state index in [1.54, 1.807) is 0 Å². The molecule has 0 heterocycles. The predicted molar refractivity (Wildman–Crippen MR) is 136 cm³/mol. The van der Waals surface area contributed by atoms with Crippen molar-refractivity contribution in [2.75, 3.05) is 0 Å². The van der Waals surface area contributed by atoms with Gasteiger partial charge in [0.25, 0.3) is 0 Å². The molecule has 5 aliphatic carbocycles. The van der Waals surface area contributed by atoms with Gasteiger partial charge in [-0.2, -0.15) is 0 Å². The molecule has 0 radical (unpaired) electrons. The molecule has 0 aromatic carbocycles. The van der Waals surface area contributed by atoms with E-state index in [0.717, 1.165) is 31.6 Å². The molecular weight excluding hydrogens is 404 g/mol. The highest BCUT2D eigenvalue weighted by atomic mass is 16.3. The molecule has 0 saturated heterocycles. The van der Waals surface area contributed by atoms with Crippen LogP contribution in [0.3, 0.4) is 0 Å². The summed E-state index contributed by atoms with van der Waals surface area (Å²) in [6.45, 7) is 21.1. The number of hydrogen-bond acceptors (Lipinski definition) is 2. The van der Waals surface area contributed by atoms with Gasteiger partial charge < -0.3 is 5.11 Å². The SMILES string of the molecule is C=C(C)C1CCC2(C(C)=O)CC[C@]3(C)C(CCC4[C@@]5(C)CCC(O)C(C)(C)C5CC[C@]43C)C12. The molecule has 5 saturated carbocycles. The Labute approximate surface area is 203 Å². The highest BCUT2D eigenvalue weighted by molar-refractivity contribution is 5.83. The molecule has 5 fully saturated rings. The van der Waals surface area contributed by atoms with Crippen molar-refractivity contribution in [2.24, 2.45) is 56.7 Å². The molecule has 0 bridgehead atoms. The average Bonchev–Trinajstić information content (AvgIpc) is 3.13. The van der Waals surface area contributed by atoms with Crippen molar-refractivity contribution in [3.63, 3.8) is 0 Å². The van der Waals surface area contributed by atoms with Crippen LogP contribution in [0.15, 0.2) is 12.2 Å². The summed E-state index contributed by atoms with van der Waals surface area (Å²) in [7, 11) is 0. The standard InChI is InChI=1S/C31H50O2/c1-19(2)21-11-16-31(20(3)32)18-17-29(7)22(26(21)31)9-10-24-28(6)14-13-25(33)27(4,5)23(28)12-15-30(24,29)8/h21-26,33H,1,9-18H2,2-8H3/t21?,22?,23?,24?,25?,26?,28-,29+,30+,31?/m0/s1. The lowest BCUT2D eigenvalue weighted by Crippen LogP contribution is -2.67. The summed E-state index contributed by atoms with van der Waals surface area (Å²) in [5.74, 6) is 3.47. The smallest absolute Gasteiger partial charge is 0.136 e. The molecule has 0 aliphatic heterocycles. The Morgan fingerprint density at radius 1 is 0.788 bits per heavy atom. The summed E-state index contributed by atoms with van der Waals surface area (Å²) in [5, 5.41) is 10.9. The zero-order chi connectivity index (χ0) is 24.2. The Bertz CT molecular complexity index is 857. The summed E-state index contributed by atoms with van der Waals surface area (Å²) < 4.78 is 0. The van der Waals surface area contributed by atoms with Crippen LogP contribution in [-0.4, -0.2) is 17.0 Å². The molecule has 0 amide bonds. The second kappa shape index (κ2) is 7.21. The number of fused-ring (bicyclic) bond motifs is 7. The first-order chi connectivity index (χ1) is 15.3. The fraction of sp³-hybridized carbons (Fsp3) is 0.903. The molecule has 33 heavy (non-hydrogen) atoms. The van der Waals surface area contributed by atoms with Gasteiger partial charge in [-0.1, -0.05) is 46.8 Å². The van der Waals surface area contributed by atoms with Crippen LogP contribution in [0.4, 0.5) is 0 Å². The van der Waals surface area contributed by atoms with Crippen molar-refractivity contribution < 1.29 is 9.90 Å². The zero-order valence-electron chi connectivity index (χ0n) is 22.6. The van der Waals surface area contributed by atoms with Gasteiger partial charge in [0.1, 0.15) is 5.78 Å². The van der Waals surface area contributed by atoms with E-state index >= 15 is 0 Å². The minimum Gasteiger partial charge on any atom is -0.393 e. The minimum atomic E-state index is -0.160. The van der Waals surface area contributed by atoms with Crippen LogP contribution < -0.4 is 0 Å². The van der Waals surface area contributed by atoms with Gasteiger partial charge in [0.15, 0.2) is 0 Å². The van der Waals surface area contributed by atoms with Crippen molar-refractivity contribution in [2.45, 2.75) is 119 Å². The molecule has 2 nitrogen and oxygen atoms in total. The van der Waals surface area contributed by atoms with Crippen molar-refractivity contribution >= 4 is 5.78 Å². The van der Waals surface area contributed by atoms with E-state index in [4.69, 9.17) is 0 Å². The minimum absolute atomic E-state index is 0.0128. The third kappa shape index (κ3) is 2.80. The van der Waals surface area contributed by atoms with E-state index in [9.17, 15) is 9.90 Å². The Morgan fingerprint density at radius 3 is 2.12 bits per heavy atom. The topological polar surface area (TPSA) is 37.3 Å². The molecule has 186 valence electrons. The Morgan fingerprint density at radius 2 is 1.48 bits per heavy atom. The molecule has 2 heteroatoms. The van der Waals surface area contributed by atoms with Crippen molar-refractivity contribution in [1.82, 2.24) is 0 Å².